The van der Waals surface area contributed by atoms with Gasteiger partial charge in [0, 0.05) is 30.0 Å². The molecular formula is C20H28N4O2. The number of hydrogen-bond acceptors (Lipinski definition) is 4. The Hall–Kier alpha value is -1.69. The number of hydrogen-bond donors (Lipinski definition) is 2. The van der Waals surface area contributed by atoms with Crippen LogP contribution in [0.3, 0.4) is 0 Å². The van der Waals surface area contributed by atoms with Crippen molar-refractivity contribution in [2.24, 2.45) is 0 Å². The van der Waals surface area contributed by atoms with Crippen molar-refractivity contribution in [3.63, 3.8) is 0 Å². The predicted octanol–water partition coefficient (Wildman–Crippen LogP) is 1.60. The minimum atomic E-state index is 0.0103. The molecule has 6 nitrogen and oxygen atoms in total. The molecular weight excluding hydrogens is 328 g/mol. The van der Waals surface area contributed by atoms with Gasteiger partial charge in [-0.3, -0.25) is 9.59 Å². The van der Waals surface area contributed by atoms with E-state index in [4.69, 9.17) is 4.98 Å². The number of carbonyl (C=O) groups is 1. The molecule has 2 saturated heterocycles. The Morgan fingerprint density at radius 3 is 2.62 bits per heavy atom. The third-order valence-corrected chi connectivity index (χ3v) is 6.99. The van der Waals surface area contributed by atoms with Gasteiger partial charge < -0.3 is 15.2 Å². The van der Waals surface area contributed by atoms with Gasteiger partial charge in [0.15, 0.2) is 0 Å². The Labute approximate surface area is 153 Å². The quantitative estimate of drug-likeness (QED) is 0.844. The largest absolute Gasteiger partial charge is 0.341 e. The molecule has 1 atom stereocenters. The van der Waals surface area contributed by atoms with Gasteiger partial charge in [0.25, 0.3) is 5.56 Å². The van der Waals surface area contributed by atoms with Gasteiger partial charge in [-0.2, -0.15) is 0 Å². The normalized spacial score (nSPS) is 27.5. The number of amides is 1. The molecule has 2 N–H and O–H groups in total. The van der Waals surface area contributed by atoms with Crippen LogP contribution in [0.2, 0.25) is 0 Å². The molecule has 1 aromatic rings. The molecule has 1 unspecified atom stereocenters. The van der Waals surface area contributed by atoms with Crippen molar-refractivity contribution < 1.29 is 4.79 Å². The smallest absolute Gasteiger partial charge is 0.254 e. The van der Waals surface area contributed by atoms with E-state index in [1.807, 2.05) is 4.90 Å². The number of likely N-dealkylation sites (tertiary alicyclic amines) is 1. The number of nitrogens with zero attached hydrogens (tertiary/aromatic N) is 2. The molecule has 4 aliphatic rings. The average molecular weight is 356 g/mol. The third kappa shape index (κ3) is 2.70. The SMILES string of the molecule is O=C(C1CCCCN1)N1CCC2(CCc3c2nc(C2CC2)[nH]c3=O)CC1. The molecule has 3 heterocycles. The van der Waals surface area contributed by atoms with Crippen LogP contribution >= 0.6 is 0 Å². The van der Waals surface area contributed by atoms with E-state index < -0.39 is 0 Å². The van der Waals surface area contributed by atoms with Crippen LogP contribution in [-0.4, -0.2) is 46.5 Å². The number of piperidine rings is 2. The van der Waals surface area contributed by atoms with Gasteiger partial charge >= 0.3 is 0 Å². The number of nitrogens with one attached hydrogen (secondary N) is 2. The van der Waals surface area contributed by atoms with Crippen LogP contribution in [0.5, 0.6) is 0 Å². The molecule has 0 aromatic carbocycles. The van der Waals surface area contributed by atoms with E-state index in [0.29, 0.717) is 5.92 Å². The predicted molar refractivity (Wildman–Crippen MR) is 98.3 cm³/mol. The first-order chi connectivity index (χ1) is 12.7. The Balaban J connectivity index is 1.34. The second-order valence-corrected chi connectivity index (χ2v) is 8.66. The zero-order chi connectivity index (χ0) is 17.7. The fraction of sp³-hybridized carbons (Fsp3) is 0.750. The van der Waals surface area contributed by atoms with E-state index >= 15 is 0 Å². The van der Waals surface area contributed by atoms with E-state index in [0.717, 1.165) is 88.1 Å². The lowest BCUT2D eigenvalue weighted by atomic mass is 9.76. The van der Waals surface area contributed by atoms with Crippen molar-refractivity contribution in [1.82, 2.24) is 20.2 Å². The van der Waals surface area contributed by atoms with E-state index in [-0.39, 0.29) is 22.9 Å². The standard InChI is InChI=1S/C20H28N4O2/c25-18-14-6-7-20(16(14)22-17(23-18)13-4-5-13)8-11-24(12-9-20)19(26)15-3-1-2-10-21-15/h13,15,21H,1-12H2,(H,22,23,25). The summed E-state index contributed by atoms with van der Waals surface area (Å²) in [5.74, 6) is 1.64. The average Bonchev–Trinajstić information content (AvgIpc) is 3.47. The van der Waals surface area contributed by atoms with E-state index in [1.54, 1.807) is 0 Å². The van der Waals surface area contributed by atoms with Gasteiger partial charge in [0.05, 0.1) is 11.7 Å². The highest BCUT2D eigenvalue weighted by molar-refractivity contribution is 5.82. The van der Waals surface area contributed by atoms with E-state index in [2.05, 4.69) is 10.3 Å². The van der Waals surface area contributed by atoms with Crippen molar-refractivity contribution in [2.75, 3.05) is 19.6 Å². The first-order valence-corrected chi connectivity index (χ1v) is 10.3. The van der Waals surface area contributed by atoms with Crippen LogP contribution in [0, 0.1) is 0 Å². The van der Waals surface area contributed by atoms with Crippen LogP contribution in [0.1, 0.15) is 74.4 Å². The summed E-state index contributed by atoms with van der Waals surface area (Å²) in [5, 5.41) is 3.38. The molecule has 2 aliphatic heterocycles. The lowest BCUT2D eigenvalue weighted by molar-refractivity contribution is -0.135. The Morgan fingerprint density at radius 2 is 1.92 bits per heavy atom. The Morgan fingerprint density at radius 1 is 1.12 bits per heavy atom. The first kappa shape index (κ1) is 16.5. The number of carbonyl (C=O) groups excluding carboxylic acids is 1. The third-order valence-electron chi connectivity index (χ3n) is 6.99. The topological polar surface area (TPSA) is 78.1 Å². The molecule has 5 rings (SSSR count). The van der Waals surface area contributed by atoms with E-state index in [9.17, 15) is 9.59 Å². The first-order valence-electron chi connectivity index (χ1n) is 10.3. The summed E-state index contributed by atoms with van der Waals surface area (Å²) < 4.78 is 0. The second-order valence-electron chi connectivity index (χ2n) is 8.66. The fourth-order valence-electron chi connectivity index (χ4n) is 5.14. The summed E-state index contributed by atoms with van der Waals surface area (Å²) in [6, 6.07) is 0.0103. The van der Waals surface area contributed by atoms with Gasteiger partial charge in [0.2, 0.25) is 5.91 Å². The van der Waals surface area contributed by atoms with Crippen LogP contribution in [0.4, 0.5) is 0 Å². The van der Waals surface area contributed by atoms with Crippen molar-refractivity contribution in [1.29, 1.82) is 0 Å². The Bertz CT molecular complexity index is 769. The maximum absolute atomic E-state index is 12.8. The number of fused-ring (bicyclic) bond motifs is 2. The van der Waals surface area contributed by atoms with Crippen molar-refractivity contribution >= 4 is 5.91 Å². The van der Waals surface area contributed by atoms with Crippen molar-refractivity contribution in [2.45, 2.75) is 75.2 Å². The van der Waals surface area contributed by atoms with Gasteiger partial charge in [0.1, 0.15) is 5.82 Å². The molecule has 0 radical (unpaired) electrons. The van der Waals surface area contributed by atoms with E-state index in [1.165, 1.54) is 6.42 Å². The number of H-pyrrole nitrogens is 1. The van der Waals surface area contributed by atoms with Gasteiger partial charge in [-0.05, 0) is 57.9 Å². The maximum Gasteiger partial charge on any atom is 0.254 e. The van der Waals surface area contributed by atoms with Gasteiger partial charge in [-0.25, -0.2) is 4.98 Å². The second kappa shape index (κ2) is 6.19. The number of aromatic amines is 1. The number of aromatic nitrogens is 2. The van der Waals surface area contributed by atoms with Crippen LogP contribution in [0.25, 0.3) is 0 Å². The summed E-state index contributed by atoms with van der Waals surface area (Å²) in [6.45, 7) is 2.55. The van der Waals surface area contributed by atoms with Crippen molar-refractivity contribution in [3.8, 4) is 0 Å². The summed E-state index contributed by atoms with van der Waals surface area (Å²) in [7, 11) is 0. The molecule has 2 aliphatic carbocycles. The summed E-state index contributed by atoms with van der Waals surface area (Å²) in [5.41, 5.74) is 2.07. The molecule has 1 saturated carbocycles. The fourth-order valence-corrected chi connectivity index (χ4v) is 5.14. The zero-order valence-electron chi connectivity index (χ0n) is 15.4. The molecule has 1 aromatic heterocycles. The van der Waals surface area contributed by atoms with Gasteiger partial charge in [-0.1, -0.05) is 6.42 Å². The summed E-state index contributed by atoms with van der Waals surface area (Å²) in [4.78, 5) is 35.3. The Kier molecular flexibility index (Phi) is 3.92. The summed E-state index contributed by atoms with van der Waals surface area (Å²) in [6.07, 6.45) is 9.30. The highest BCUT2D eigenvalue weighted by Gasteiger charge is 2.45. The van der Waals surface area contributed by atoms with Gasteiger partial charge in [-0.15, -0.1) is 0 Å². The van der Waals surface area contributed by atoms with Crippen LogP contribution in [0.15, 0.2) is 4.79 Å². The van der Waals surface area contributed by atoms with Crippen LogP contribution in [-0.2, 0) is 16.6 Å². The molecule has 1 spiro atoms. The molecule has 6 heteroatoms. The summed E-state index contributed by atoms with van der Waals surface area (Å²) >= 11 is 0. The van der Waals surface area contributed by atoms with Crippen molar-refractivity contribution in [3.05, 3.63) is 27.4 Å². The lowest BCUT2D eigenvalue weighted by Gasteiger charge is -2.41. The molecule has 3 fully saturated rings. The monoisotopic (exact) mass is 356 g/mol. The maximum atomic E-state index is 12.8. The molecule has 0 bridgehead atoms. The number of rotatable bonds is 2. The zero-order valence-corrected chi connectivity index (χ0v) is 15.4. The van der Waals surface area contributed by atoms with Crippen LogP contribution < -0.4 is 10.9 Å². The minimum Gasteiger partial charge on any atom is -0.341 e. The highest BCUT2D eigenvalue weighted by atomic mass is 16.2. The highest BCUT2D eigenvalue weighted by Crippen LogP contribution is 2.46. The lowest BCUT2D eigenvalue weighted by Crippen LogP contribution is -2.52. The molecule has 140 valence electrons. The minimum absolute atomic E-state index is 0.0103. The molecule has 26 heavy (non-hydrogen) atoms. The molecule has 1 amide bonds.